The first-order chi connectivity index (χ1) is 12.6. The fourth-order valence-electron chi connectivity index (χ4n) is 2.06. The maximum Gasteiger partial charge on any atom is 0.330 e. The Bertz CT molecular complexity index is 738. The average molecular weight is 355 g/mol. The second kappa shape index (κ2) is 9.88. The Morgan fingerprint density at radius 3 is 2.27 bits per heavy atom. The van der Waals surface area contributed by atoms with Gasteiger partial charge in [-0.15, -0.1) is 0 Å². The van der Waals surface area contributed by atoms with Crippen LogP contribution in [0.1, 0.15) is 16.8 Å². The molecule has 0 aromatic heterocycles. The standard InChI is InChI=1S/C20H21NO5/c1-3-19(22)26-14-4-13-25-18-9-5-15(6-10-18)20(23)21-16-7-11-17(24-2)12-8-16/h3,5-12H,1,4,13-14H2,2H3,(H,21,23). The SMILES string of the molecule is C=CC(=O)OCCCOc1ccc(C(=O)Nc2ccc(OC)cc2)cc1. The summed E-state index contributed by atoms with van der Waals surface area (Å²) in [6, 6.07) is 13.9. The summed E-state index contributed by atoms with van der Waals surface area (Å²) in [5.74, 6) is 0.708. The number of rotatable bonds is 9. The number of amides is 1. The first-order valence-electron chi connectivity index (χ1n) is 8.10. The molecule has 2 aromatic carbocycles. The fraction of sp³-hybridized carbons (Fsp3) is 0.200. The molecular weight excluding hydrogens is 334 g/mol. The second-order valence-electron chi connectivity index (χ2n) is 5.28. The molecule has 0 fully saturated rings. The van der Waals surface area contributed by atoms with Crippen molar-refractivity contribution in [1.29, 1.82) is 0 Å². The van der Waals surface area contributed by atoms with Crippen LogP contribution in [0.3, 0.4) is 0 Å². The van der Waals surface area contributed by atoms with Gasteiger partial charge in [-0.25, -0.2) is 4.79 Å². The van der Waals surface area contributed by atoms with E-state index in [0.29, 0.717) is 30.0 Å². The lowest BCUT2D eigenvalue weighted by Gasteiger charge is -2.08. The molecule has 0 aliphatic rings. The molecule has 26 heavy (non-hydrogen) atoms. The van der Waals surface area contributed by atoms with E-state index in [4.69, 9.17) is 14.2 Å². The molecule has 0 bridgehead atoms. The minimum Gasteiger partial charge on any atom is -0.497 e. The van der Waals surface area contributed by atoms with Gasteiger partial charge in [-0.1, -0.05) is 6.58 Å². The second-order valence-corrected chi connectivity index (χ2v) is 5.28. The molecule has 1 amide bonds. The lowest BCUT2D eigenvalue weighted by Crippen LogP contribution is -2.11. The van der Waals surface area contributed by atoms with Crippen LogP contribution in [0, 0.1) is 0 Å². The monoisotopic (exact) mass is 355 g/mol. The summed E-state index contributed by atoms with van der Waals surface area (Å²) in [5, 5.41) is 2.81. The van der Waals surface area contributed by atoms with E-state index in [9.17, 15) is 9.59 Å². The fourth-order valence-corrected chi connectivity index (χ4v) is 2.06. The van der Waals surface area contributed by atoms with Crippen LogP contribution in [0.4, 0.5) is 5.69 Å². The predicted octanol–water partition coefficient (Wildman–Crippen LogP) is 3.45. The number of benzene rings is 2. The minimum absolute atomic E-state index is 0.210. The molecule has 0 aliphatic heterocycles. The maximum atomic E-state index is 12.2. The summed E-state index contributed by atoms with van der Waals surface area (Å²) in [6.07, 6.45) is 1.69. The van der Waals surface area contributed by atoms with Crippen molar-refractivity contribution in [1.82, 2.24) is 0 Å². The highest BCUT2D eigenvalue weighted by Crippen LogP contribution is 2.17. The van der Waals surface area contributed by atoms with Crippen LogP contribution in [0.15, 0.2) is 61.2 Å². The van der Waals surface area contributed by atoms with Crippen LogP contribution in [0.25, 0.3) is 0 Å². The van der Waals surface area contributed by atoms with E-state index in [-0.39, 0.29) is 12.5 Å². The molecule has 0 radical (unpaired) electrons. The van der Waals surface area contributed by atoms with Crippen molar-refractivity contribution < 1.29 is 23.8 Å². The van der Waals surface area contributed by atoms with E-state index < -0.39 is 5.97 Å². The minimum atomic E-state index is -0.447. The van der Waals surface area contributed by atoms with Crippen molar-refractivity contribution in [3.05, 3.63) is 66.7 Å². The number of carbonyl (C=O) groups excluding carboxylic acids is 2. The number of hydrogen-bond acceptors (Lipinski definition) is 5. The molecule has 0 spiro atoms. The number of ether oxygens (including phenoxy) is 3. The van der Waals surface area contributed by atoms with E-state index in [1.807, 2.05) is 0 Å². The largest absolute Gasteiger partial charge is 0.497 e. The Morgan fingerprint density at radius 1 is 1.00 bits per heavy atom. The molecule has 0 heterocycles. The van der Waals surface area contributed by atoms with Crippen LogP contribution < -0.4 is 14.8 Å². The zero-order valence-corrected chi connectivity index (χ0v) is 14.6. The first-order valence-corrected chi connectivity index (χ1v) is 8.10. The van der Waals surface area contributed by atoms with E-state index in [2.05, 4.69) is 11.9 Å². The van der Waals surface area contributed by atoms with Gasteiger partial charge in [0.05, 0.1) is 20.3 Å². The molecule has 2 rings (SSSR count). The molecule has 0 saturated heterocycles. The Hall–Kier alpha value is -3.28. The van der Waals surface area contributed by atoms with Gasteiger partial charge in [0.15, 0.2) is 0 Å². The molecule has 0 saturated carbocycles. The van der Waals surface area contributed by atoms with E-state index in [1.54, 1.807) is 55.6 Å². The Labute approximate surface area is 152 Å². The van der Waals surface area contributed by atoms with Gasteiger partial charge in [-0.3, -0.25) is 4.79 Å². The molecule has 6 heteroatoms. The summed E-state index contributed by atoms with van der Waals surface area (Å²) in [6.45, 7) is 4.00. The van der Waals surface area contributed by atoms with Crippen LogP contribution in [-0.2, 0) is 9.53 Å². The van der Waals surface area contributed by atoms with Gasteiger partial charge >= 0.3 is 5.97 Å². The number of methoxy groups -OCH3 is 1. The molecule has 136 valence electrons. The first kappa shape index (κ1) is 19.1. The van der Waals surface area contributed by atoms with E-state index >= 15 is 0 Å². The van der Waals surface area contributed by atoms with Gasteiger partial charge in [-0.2, -0.15) is 0 Å². The molecule has 0 unspecified atom stereocenters. The molecule has 0 aliphatic carbocycles. The van der Waals surface area contributed by atoms with Crippen LogP contribution >= 0.6 is 0 Å². The van der Waals surface area contributed by atoms with E-state index in [0.717, 1.165) is 11.8 Å². The zero-order chi connectivity index (χ0) is 18.8. The molecular formula is C20H21NO5. The number of anilines is 1. The summed E-state index contributed by atoms with van der Waals surface area (Å²) in [5.41, 5.74) is 1.21. The van der Waals surface area contributed by atoms with Crippen molar-refractivity contribution >= 4 is 17.6 Å². The molecule has 0 atom stereocenters. The third-order valence-corrected chi connectivity index (χ3v) is 3.43. The number of hydrogen-bond donors (Lipinski definition) is 1. The quantitative estimate of drug-likeness (QED) is 0.424. The maximum absolute atomic E-state index is 12.2. The summed E-state index contributed by atoms with van der Waals surface area (Å²) in [4.78, 5) is 23.1. The Kier molecular flexibility index (Phi) is 7.24. The number of nitrogens with one attached hydrogen (secondary N) is 1. The highest BCUT2D eigenvalue weighted by atomic mass is 16.5. The van der Waals surface area contributed by atoms with Crippen molar-refractivity contribution in [2.75, 3.05) is 25.6 Å². The Morgan fingerprint density at radius 2 is 1.65 bits per heavy atom. The van der Waals surface area contributed by atoms with Gasteiger partial charge in [0.25, 0.3) is 5.91 Å². The van der Waals surface area contributed by atoms with Gasteiger partial charge in [0, 0.05) is 23.7 Å². The normalized spacial score (nSPS) is 9.88. The highest BCUT2D eigenvalue weighted by molar-refractivity contribution is 6.04. The lowest BCUT2D eigenvalue weighted by molar-refractivity contribution is -0.137. The van der Waals surface area contributed by atoms with Crippen LogP contribution in [0.2, 0.25) is 0 Å². The van der Waals surface area contributed by atoms with Gasteiger partial charge in [0.2, 0.25) is 0 Å². The average Bonchev–Trinajstić information content (AvgIpc) is 2.68. The third kappa shape index (κ3) is 5.98. The van der Waals surface area contributed by atoms with Crippen LogP contribution in [0.5, 0.6) is 11.5 Å². The molecule has 6 nitrogen and oxygen atoms in total. The van der Waals surface area contributed by atoms with Crippen molar-refractivity contribution in [3.63, 3.8) is 0 Å². The van der Waals surface area contributed by atoms with E-state index in [1.165, 1.54) is 0 Å². The van der Waals surface area contributed by atoms with Gasteiger partial charge in [-0.05, 0) is 48.5 Å². The molecule has 2 aromatic rings. The topological polar surface area (TPSA) is 73.9 Å². The highest BCUT2D eigenvalue weighted by Gasteiger charge is 2.06. The smallest absolute Gasteiger partial charge is 0.330 e. The number of carbonyl (C=O) groups is 2. The van der Waals surface area contributed by atoms with Gasteiger partial charge < -0.3 is 19.5 Å². The zero-order valence-electron chi connectivity index (χ0n) is 14.6. The third-order valence-electron chi connectivity index (χ3n) is 3.43. The van der Waals surface area contributed by atoms with Crippen molar-refractivity contribution in [2.45, 2.75) is 6.42 Å². The lowest BCUT2D eigenvalue weighted by atomic mass is 10.2. The Balaban J connectivity index is 1.79. The van der Waals surface area contributed by atoms with Crippen molar-refractivity contribution in [3.8, 4) is 11.5 Å². The predicted molar refractivity (Wildman–Crippen MR) is 98.7 cm³/mol. The summed E-state index contributed by atoms with van der Waals surface area (Å²) in [7, 11) is 1.59. The summed E-state index contributed by atoms with van der Waals surface area (Å²) < 4.78 is 15.5. The summed E-state index contributed by atoms with van der Waals surface area (Å²) >= 11 is 0. The van der Waals surface area contributed by atoms with Crippen molar-refractivity contribution in [2.24, 2.45) is 0 Å². The molecule has 1 N–H and O–H groups in total. The van der Waals surface area contributed by atoms with Gasteiger partial charge in [0.1, 0.15) is 11.5 Å². The number of esters is 1. The van der Waals surface area contributed by atoms with Crippen LogP contribution in [-0.4, -0.2) is 32.2 Å².